The molecule has 1 amide bonds. The first-order valence-electron chi connectivity index (χ1n) is 9.52. The molecule has 0 spiro atoms. The molecule has 1 saturated heterocycles. The highest BCUT2D eigenvalue weighted by Gasteiger charge is 2.25. The Balaban J connectivity index is 1.37. The summed E-state index contributed by atoms with van der Waals surface area (Å²) in [7, 11) is 0. The Morgan fingerprint density at radius 2 is 2.31 bits per heavy atom. The van der Waals surface area contributed by atoms with Gasteiger partial charge in [0.1, 0.15) is 6.04 Å². The summed E-state index contributed by atoms with van der Waals surface area (Å²) in [4.78, 5) is 16.2. The first-order chi connectivity index (χ1) is 14.0. The predicted molar refractivity (Wildman–Crippen MR) is 123 cm³/mol. The Bertz CT molecular complexity index is 1050. The molecule has 1 aliphatic rings. The number of halogens is 1. The minimum atomic E-state index is -0.430. The van der Waals surface area contributed by atoms with Crippen molar-refractivity contribution in [1.29, 1.82) is 0 Å². The fourth-order valence-electron chi connectivity index (χ4n) is 3.66. The number of nitrogens with one attached hydrogen (secondary N) is 2. The van der Waals surface area contributed by atoms with Crippen molar-refractivity contribution in [3.05, 3.63) is 51.0 Å². The standard InChI is InChI=1S/C20H22BrN5OS2/c1-13(26-18(23-24-20(26)28)17-6-3-9-29-17)19(27)22-11-14-7-8-25(12-14)16-5-2-4-15(21)10-16/h2-6,9-10,13-14H,7-8,11-12H2,1H3,(H,22,27)(H,24,28). The lowest BCUT2D eigenvalue weighted by molar-refractivity contribution is -0.124. The number of carbonyl (C=O) groups excluding carboxylic acids is 1. The van der Waals surface area contributed by atoms with Gasteiger partial charge in [0.25, 0.3) is 0 Å². The van der Waals surface area contributed by atoms with Crippen LogP contribution >= 0.6 is 39.5 Å². The minimum Gasteiger partial charge on any atom is -0.371 e. The summed E-state index contributed by atoms with van der Waals surface area (Å²) in [5, 5.41) is 12.2. The molecule has 3 heterocycles. The van der Waals surface area contributed by atoms with Crippen molar-refractivity contribution in [2.75, 3.05) is 24.5 Å². The number of aromatic nitrogens is 3. The Morgan fingerprint density at radius 1 is 1.45 bits per heavy atom. The molecule has 1 aromatic carbocycles. The van der Waals surface area contributed by atoms with Crippen LogP contribution in [-0.2, 0) is 4.79 Å². The molecular formula is C20H22BrN5OS2. The molecule has 1 fully saturated rings. The van der Waals surface area contributed by atoms with E-state index >= 15 is 0 Å². The van der Waals surface area contributed by atoms with Crippen LogP contribution in [0.4, 0.5) is 5.69 Å². The molecule has 29 heavy (non-hydrogen) atoms. The molecule has 2 aromatic heterocycles. The van der Waals surface area contributed by atoms with Crippen molar-refractivity contribution in [3.8, 4) is 10.7 Å². The van der Waals surface area contributed by atoms with Crippen molar-refractivity contribution in [2.24, 2.45) is 5.92 Å². The number of carbonyl (C=O) groups is 1. The summed E-state index contributed by atoms with van der Waals surface area (Å²) in [6, 6.07) is 11.9. The molecule has 0 bridgehead atoms. The van der Waals surface area contributed by atoms with Gasteiger partial charge in [-0.15, -0.1) is 11.3 Å². The van der Waals surface area contributed by atoms with E-state index in [-0.39, 0.29) is 5.91 Å². The summed E-state index contributed by atoms with van der Waals surface area (Å²) < 4.78 is 3.33. The lowest BCUT2D eigenvalue weighted by atomic mass is 10.1. The zero-order valence-corrected chi connectivity index (χ0v) is 19.2. The average molecular weight is 492 g/mol. The Morgan fingerprint density at radius 3 is 3.07 bits per heavy atom. The zero-order chi connectivity index (χ0) is 20.4. The predicted octanol–water partition coefficient (Wildman–Crippen LogP) is 4.64. The highest BCUT2D eigenvalue weighted by Crippen LogP contribution is 2.27. The van der Waals surface area contributed by atoms with Gasteiger partial charge in [-0.1, -0.05) is 28.1 Å². The monoisotopic (exact) mass is 491 g/mol. The average Bonchev–Trinajstić information content (AvgIpc) is 3.46. The van der Waals surface area contributed by atoms with Gasteiger partial charge < -0.3 is 10.2 Å². The van der Waals surface area contributed by atoms with Crippen molar-refractivity contribution in [3.63, 3.8) is 0 Å². The molecular weight excluding hydrogens is 470 g/mol. The number of H-pyrrole nitrogens is 1. The molecule has 0 aliphatic carbocycles. The lowest BCUT2D eigenvalue weighted by Crippen LogP contribution is -2.35. The number of aromatic amines is 1. The van der Waals surface area contributed by atoms with E-state index in [0.29, 0.717) is 23.1 Å². The second kappa shape index (κ2) is 8.81. The molecule has 1 aliphatic heterocycles. The molecule has 6 nitrogen and oxygen atoms in total. The van der Waals surface area contributed by atoms with E-state index in [1.54, 1.807) is 15.9 Å². The van der Waals surface area contributed by atoms with Gasteiger partial charge in [-0.3, -0.25) is 14.5 Å². The number of benzene rings is 1. The second-order valence-electron chi connectivity index (χ2n) is 7.20. The number of thiophene rings is 1. The van der Waals surface area contributed by atoms with Gasteiger partial charge >= 0.3 is 0 Å². The number of anilines is 1. The summed E-state index contributed by atoms with van der Waals surface area (Å²) in [6.45, 7) is 4.46. The van der Waals surface area contributed by atoms with Gasteiger partial charge in [-0.2, -0.15) is 5.10 Å². The maximum Gasteiger partial charge on any atom is 0.242 e. The van der Waals surface area contributed by atoms with Crippen LogP contribution in [0.15, 0.2) is 46.3 Å². The van der Waals surface area contributed by atoms with E-state index in [9.17, 15) is 4.79 Å². The molecule has 2 unspecified atom stereocenters. The highest BCUT2D eigenvalue weighted by atomic mass is 79.9. The smallest absolute Gasteiger partial charge is 0.242 e. The van der Waals surface area contributed by atoms with E-state index in [0.717, 1.165) is 28.9 Å². The van der Waals surface area contributed by atoms with Gasteiger partial charge in [-0.25, -0.2) is 0 Å². The maximum atomic E-state index is 12.8. The summed E-state index contributed by atoms with van der Waals surface area (Å²) in [5.41, 5.74) is 1.21. The minimum absolute atomic E-state index is 0.0405. The summed E-state index contributed by atoms with van der Waals surface area (Å²) in [5.74, 6) is 1.09. The Labute approximate surface area is 187 Å². The topological polar surface area (TPSA) is 66.0 Å². The van der Waals surface area contributed by atoms with Gasteiger partial charge in [0, 0.05) is 29.8 Å². The number of amides is 1. The van der Waals surface area contributed by atoms with E-state index in [2.05, 4.69) is 54.5 Å². The molecule has 2 N–H and O–H groups in total. The number of rotatable bonds is 6. The van der Waals surface area contributed by atoms with Crippen molar-refractivity contribution in [2.45, 2.75) is 19.4 Å². The van der Waals surface area contributed by atoms with Crippen LogP contribution in [0.3, 0.4) is 0 Å². The van der Waals surface area contributed by atoms with Crippen LogP contribution < -0.4 is 10.2 Å². The van der Waals surface area contributed by atoms with E-state index in [4.69, 9.17) is 12.2 Å². The molecule has 152 valence electrons. The molecule has 9 heteroatoms. The zero-order valence-electron chi connectivity index (χ0n) is 16.0. The fourth-order valence-corrected chi connectivity index (χ4v) is 5.05. The Hall–Kier alpha value is -1.97. The largest absolute Gasteiger partial charge is 0.371 e. The Kier molecular flexibility index (Phi) is 6.17. The SMILES string of the molecule is CC(C(=O)NCC1CCN(c2cccc(Br)c2)C1)n1c(-c2cccs2)n[nH]c1=S. The molecule has 0 saturated carbocycles. The van der Waals surface area contributed by atoms with Crippen LogP contribution in [0.25, 0.3) is 10.7 Å². The van der Waals surface area contributed by atoms with E-state index in [1.807, 2.05) is 30.5 Å². The van der Waals surface area contributed by atoms with Crippen LogP contribution in [0.5, 0.6) is 0 Å². The van der Waals surface area contributed by atoms with Gasteiger partial charge in [0.2, 0.25) is 5.91 Å². The molecule has 0 radical (unpaired) electrons. The van der Waals surface area contributed by atoms with E-state index in [1.165, 1.54) is 5.69 Å². The van der Waals surface area contributed by atoms with Crippen LogP contribution in [0.2, 0.25) is 0 Å². The van der Waals surface area contributed by atoms with Gasteiger partial charge in [0.15, 0.2) is 10.6 Å². The third-order valence-corrected chi connectivity index (χ3v) is 6.88. The number of hydrogen-bond donors (Lipinski definition) is 2. The third-order valence-electron chi connectivity index (χ3n) is 5.24. The quantitative estimate of drug-likeness (QED) is 0.493. The normalized spacial score (nSPS) is 17.4. The first-order valence-corrected chi connectivity index (χ1v) is 11.6. The fraction of sp³-hybridized carbons (Fsp3) is 0.350. The summed E-state index contributed by atoms with van der Waals surface area (Å²) in [6.07, 6.45) is 1.06. The molecule has 2 atom stereocenters. The van der Waals surface area contributed by atoms with Crippen LogP contribution in [0.1, 0.15) is 19.4 Å². The number of hydrogen-bond acceptors (Lipinski definition) is 5. The number of nitrogens with zero attached hydrogens (tertiary/aromatic N) is 3. The lowest BCUT2D eigenvalue weighted by Gasteiger charge is -2.20. The first kappa shape index (κ1) is 20.3. The molecule has 3 aromatic rings. The van der Waals surface area contributed by atoms with Crippen LogP contribution in [-0.4, -0.2) is 40.3 Å². The van der Waals surface area contributed by atoms with Crippen molar-refractivity contribution < 1.29 is 4.79 Å². The third kappa shape index (κ3) is 4.46. The van der Waals surface area contributed by atoms with E-state index < -0.39 is 6.04 Å². The van der Waals surface area contributed by atoms with Crippen molar-refractivity contribution >= 4 is 51.1 Å². The van der Waals surface area contributed by atoms with Crippen molar-refractivity contribution in [1.82, 2.24) is 20.1 Å². The van der Waals surface area contributed by atoms with Crippen LogP contribution in [0, 0.1) is 10.7 Å². The maximum absolute atomic E-state index is 12.8. The molecule has 4 rings (SSSR count). The van der Waals surface area contributed by atoms with Gasteiger partial charge in [0.05, 0.1) is 4.88 Å². The highest BCUT2D eigenvalue weighted by molar-refractivity contribution is 9.10. The summed E-state index contributed by atoms with van der Waals surface area (Å²) >= 11 is 10.5. The second-order valence-corrected chi connectivity index (χ2v) is 9.45. The van der Waals surface area contributed by atoms with Gasteiger partial charge in [-0.05, 0) is 61.1 Å².